The first-order chi connectivity index (χ1) is 8.54. The molecule has 0 fully saturated rings. The number of aromatic nitrogens is 1. The summed E-state index contributed by atoms with van der Waals surface area (Å²) in [6.45, 7) is 6.15. The van der Waals surface area contributed by atoms with Crippen LogP contribution in [0, 0.1) is 20.8 Å². The Morgan fingerprint density at radius 3 is 2.39 bits per heavy atom. The van der Waals surface area contributed by atoms with E-state index in [0.29, 0.717) is 5.82 Å². The van der Waals surface area contributed by atoms with Crippen LogP contribution in [0.3, 0.4) is 0 Å². The van der Waals surface area contributed by atoms with Gasteiger partial charge in [-0.3, -0.25) is 0 Å². The molecule has 2 aromatic rings. The summed E-state index contributed by atoms with van der Waals surface area (Å²) in [4.78, 5) is 4.18. The number of hydrogen-bond acceptors (Lipinski definition) is 3. The summed E-state index contributed by atoms with van der Waals surface area (Å²) in [6.07, 6.45) is 1.73. The number of anilines is 1. The topological polar surface area (TPSA) is 48.1 Å². The van der Waals surface area contributed by atoms with Crippen LogP contribution < -0.4 is 10.5 Å². The molecule has 0 bridgehead atoms. The quantitative estimate of drug-likeness (QED) is 0.879. The van der Waals surface area contributed by atoms with Gasteiger partial charge in [0.2, 0.25) is 0 Å². The van der Waals surface area contributed by atoms with E-state index < -0.39 is 0 Å². The lowest BCUT2D eigenvalue weighted by atomic mass is 9.95. The molecule has 1 aromatic heterocycles. The highest BCUT2D eigenvalue weighted by molar-refractivity contribution is 5.83. The first-order valence-electron chi connectivity index (χ1n) is 5.91. The molecule has 0 aliphatic heterocycles. The smallest absolute Gasteiger partial charge is 0.131 e. The first kappa shape index (κ1) is 12.4. The van der Waals surface area contributed by atoms with Crippen molar-refractivity contribution in [3.8, 4) is 16.9 Å². The minimum absolute atomic E-state index is 0.542. The zero-order valence-electron chi connectivity index (χ0n) is 11.2. The summed E-state index contributed by atoms with van der Waals surface area (Å²) in [5.41, 5.74) is 11.4. The van der Waals surface area contributed by atoms with Crippen molar-refractivity contribution in [1.82, 2.24) is 4.98 Å². The zero-order chi connectivity index (χ0) is 13.3. The van der Waals surface area contributed by atoms with Gasteiger partial charge in [0, 0.05) is 17.3 Å². The van der Waals surface area contributed by atoms with Gasteiger partial charge in [0.15, 0.2) is 0 Å². The number of methoxy groups -OCH3 is 1. The van der Waals surface area contributed by atoms with Crippen molar-refractivity contribution in [1.29, 1.82) is 0 Å². The van der Waals surface area contributed by atoms with Crippen LogP contribution in [0.5, 0.6) is 5.75 Å². The molecule has 0 spiro atoms. The molecule has 0 amide bonds. The molecule has 0 unspecified atom stereocenters. The highest BCUT2D eigenvalue weighted by Gasteiger charge is 2.15. The van der Waals surface area contributed by atoms with Gasteiger partial charge in [-0.05, 0) is 49.6 Å². The lowest BCUT2D eigenvalue weighted by molar-refractivity contribution is 0.416. The maximum Gasteiger partial charge on any atom is 0.131 e. The Balaban J connectivity index is 2.78. The van der Waals surface area contributed by atoms with Gasteiger partial charge in [-0.25, -0.2) is 4.98 Å². The minimum Gasteiger partial charge on any atom is -0.496 e. The van der Waals surface area contributed by atoms with Gasteiger partial charge in [0.25, 0.3) is 0 Å². The van der Waals surface area contributed by atoms with Gasteiger partial charge < -0.3 is 10.5 Å². The number of nitrogen functional groups attached to an aromatic ring is 1. The normalized spacial score (nSPS) is 10.4. The molecule has 94 valence electrons. The molecule has 18 heavy (non-hydrogen) atoms. The summed E-state index contributed by atoms with van der Waals surface area (Å²) >= 11 is 0. The minimum atomic E-state index is 0.542. The summed E-state index contributed by atoms with van der Waals surface area (Å²) in [6, 6.07) is 6.11. The number of aryl methyl sites for hydroxylation is 3. The number of nitrogens with zero attached hydrogens (tertiary/aromatic N) is 1. The second-order valence-electron chi connectivity index (χ2n) is 4.55. The van der Waals surface area contributed by atoms with Gasteiger partial charge in [-0.15, -0.1) is 0 Å². The number of nitrogens with two attached hydrogens (primary N) is 1. The molecular formula is C15H18N2O. The molecule has 0 saturated heterocycles. The van der Waals surface area contributed by atoms with E-state index in [1.807, 2.05) is 19.1 Å². The molecule has 0 saturated carbocycles. The van der Waals surface area contributed by atoms with Crippen molar-refractivity contribution in [2.45, 2.75) is 20.8 Å². The van der Waals surface area contributed by atoms with E-state index >= 15 is 0 Å². The number of ether oxygens (including phenoxy) is 1. The molecule has 3 nitrogen and oxygen atoms in total. The van der Waals surface area contributed by atoms with Crippen molar-refractivity contribution in [2.24, 2.45) is 0 Å². The molecule has 1 heterocycles. The Labute approximate surface area is 108 Å². The summed E-state index contributed by atoms with van der Waals surface area (Å²) in [7, 11) is 1.68. The summed E-state index contributed by atoms with van der Waals surface area (Å²) in [5, 5.41) is 0. The average molecular weight is 242 g/mol. The molecule has 2 N–H and O–H groups in total. The van der Waals surface area contributed by atoms with Crippen LogP contribution in [-0.4, -0.2) is 12.1 Å². The average Bonchev–Trinajstić information content (AvgIpc) is 2.30. The lowest BCUT2D eigenvalue weighted by Gasteiger charge is -2.16. The molecule has 0 aliphatic rings. The van der Waals surface area contributed by atoms with E-state index in [2.05, 4.69) is 24.9 Å². The fourth-order valence-electron chi connectivity index (χ4n) is 2.31. The number of hydrogen-bond donors (Lipinski definition) is 1. The third-order valence-corrected chi connectivity index (χ3v) is 3.10. The highest BCUT2D eigenvalue weighted by atomic mass is 16.5. The van der Waals surface area contributed by atoms with Crippen LogP contribution in [0.1, 0.15) is 16.7 Å². The van der Waals surface area contributed by atoms with Crippen LogP contribution in [0.2, 0.25) is 0 Å². The third-order valence-electron chi connectivity index (χ3n) is 3.10. The van der Waals surface area contributed by atoms with E-state index in [1.165, 1.54) is 5.56 Å². The Bertz CT molecular complexity index is 571. The number of rotatable bonds is 2. The van der Waals surface area contributed by atoms with Crippen LogP contribution in [-0.2, 0) is 0 Å². The second kappa shape index (κ2) is 4.69. The fraction of sp³-hybridized carbons (Fsp3) is 0.267. The number of pyridine rings is 1. The Hall–Kier alpha value is -2.03. The van der Waals surface area contributed by atoms with Gasteiger partial charge in [-0.2, -0.15) is 0 Å². The van der Waals surface area contributed by atoms with E-state index in [1.54, 1.807) is 13.3 Å². The molecular weight excluding hydrogens is 224 g/mol. The van der Waals surface area contributed by atoms with E-state index in [4.69, 9.17) is 10.5 Å². The van der Waals surface area contributed by atoms with Gasteiger partial charge >= 0.3 is 0 Å². The van der Waals surface area contributed by atoms with Crippen molar-refractivity contribution >= 4 is 5.82 Å². The Kier molecular flexibility index (Phi) is 3.24. The van der Waals surface area contributed by atoms with Crippen LogP contribution >= 0.6 is 0 Å². The van der Waals surface area contributed by atoms with Crippen LogP contribution in [0.15, 0.2) is 24.4 Å². The molecule has 0 atom stereocenters. The van der Waals surface area contributed by atoms with Crippen molar-refractivity contribution in [3.05, 3.63) is 41.1 Å². The van der Waals surface area contributed by atoms with Crippen molar-refractivity contribution < 1.29 is 4.74 Å². The Morgan fingerprint density at radius 1 is 1.06 bits per heavy atom. The predicted molar refractivity (Wildman–Crippen MR) is 74.8 cm³/mol. The number of benzene rings is 1. The molecule has 1 aromatic carbocycles. The second-order valence-corrected chi connectivity index (χ2v) is 4.55. The summed E-state index contributed by atoms with van der Waals surface area (Å²) in [5.74, 6) is 1.38. The van der Waals surface area contributed by atoms with Gasteiger partial charge in [0.1, 0.15) is 11.6 Å². The van der Waals surface area contributed by atoms with E-state index in [0.717, 1.165) is 28.0 Å². The van der Waals surface area contributed by atoms with Crippen LogP contribution in [0.25, 0.3) is 11.1 Å². The maximum absolute atomic E-state index is 6.02. The largest absolute Gasteiger partial charge is 0.496 e. The van der Waals surface area contributed by atoms with Crippen LogP contribution in [0.4, 0.5) is 5.82 Å². The first-order valence-corrected chi connectivity index (χ1v) is 5.91. The van der Waals surface area contributed by atoms with Crippen molar-refractivity contribution in [3.63, 3.8) is 0 Å². The van der Waals surface area contributed by atoms with Gasteiger partial charge in [-0.1, -0.05) is 6.07 Å². The van der Waals surface area contributed by atoms with E-state index in [9.17, 15) is 0 Å². The van der Waals surface area contributed by atoms with Gasteiger partial charge in [0.05, 0.1) is 7.11 Å². The fourth-order valence-corrected chi connectivity index (χ4v) is 2.31. The van der Waals surface area contributed by atoms with E-state index in [-0.39, 0.29) is 0 Å². The molecule has 0 aliphatic carbocycles. The highest BCUT2D eigenvalue weighted by Crippen LogP contribution is 2.38. The maximum atomic E-state index is 6.02. The predicted octanol–water partition coefficient (Wildman–Crippen LogP) is 3.26. The third kappa shape index (κ3) is 2.04. The lowest BCUT2D eigenvalue weighted by Crippen LogP contribution is -2.00. The van der Waals surface area contributed by atoms with Crippen molar-refractivity contribution in [2.75, 3.05) is 12.8 Å². The Morgan fingerprint density at radius 2 is 1.78 bits per heavy atom. The summed E-state index contributed by atoms with van der Waals surface area (Å²) < 4.78 is 5.49. The molecule has 0 radical (unpaired) electrons. The molecule has 3 heteroatoms. The monoisotopic (exact) mass is 242 g/mol. The SMILES string of the molecule is COc1cc(C)cc(C)c1-c1c(C)ccnc1N. The standard InChI is InChI=1S/C15H18N2O/c1-9-7-11(3)13(12(8-9)18-4)14-10(2)5-6-17-15(14)16/h5-8H,1-4H3,(H2,16,17). The zero-order valence-corrected chi connectivity index (χ0v) is 11.2. The molecule has 2 rings (SSSR count).